The van der Waals surface area contributed by atoms with Gasteiger partial charge in [0.1, 0.15) is 0 Å². The summed E-state index contributed by atoms with van der Waals surface area (Å²) in [4.78, 5) is 24.8. The van der Waals surface area contributed by atoms with Crippen molar-refractivity contribution in [3.63, 3.8) is 0 Å². The van der Waals surface area contributed by atoms with E-state index >= 15 is 0 Å². The van der Waals surface area contributed by atoms with E-state index in [0.29, 0.717) is 18.7 Å². The second-order valence-corrected chi connectivity index (χ2v) is 11.4. The highest BCUT2D eigenvalue weighted by Gasteiger charge is 2.29. The normalized spacial score (nSPS) is 13.7. The summed E-state index contributed by atoms with van der Waals surface area (Å²) < 4.78 is 55.1. The minimum absolute atomic E-state index is 0.0156. The molecule has 0 fully saturated rings. The zero-order chi connectivity index (χ0) is 22.8. The molecule has 8 nitrogen and oxygen atoms in total. The van der Waals surface area contributed by atoms with Gasteiger partial charge in [0.15, 0.2) is 22.2 Å². The summed E-state index contributed by atoms with van der Waals surface area (Å²) in [5.74, 6) is -1.56. The lowest BCUT2D eigenvalue weighted by Gasteiger charge is -2.18. The molecule has 2 aromatic carbocycles. The highest BCUT2D eigenvalue weighted by molar-refractivity contribution is 7.92. The summed E-state index contributed by atoms with van der Waals surface area (Å²) in [6, 6.07) is 10.4. The molecule has 0 amide bonds. The van der Waals surface area contributed by atoms with Crippen LogP contribution in [0.1, 0.15) is 40.1 Å². The number of esters is 1. The van der Waals surface area contributed by atoms with E-state index in [2.05, 4.69) is 0 Å². The largest absolute Gasteiger partial charge is 0.454 e. The monoisotopic (exact) mass is 465 g/mol. The number of benzene rings is 2. The predicted molar refractivity (Wildman–Crippen MR) is 116 cm³/mol. The van der Waals surface area contributed by atoms with Gasteiger partial charge in [0.25, 0.3) is 0 Å². The Morgan fingerprint density at radius 2 is 1.71 bits per heavy atom. The van der Waals surface area contributed by atoms with Crippen LogP contribution in [-0.2, 0) is 31.0 Å². The van der Waals surface area contributed by atoms with Gasteiger partial charge in [-0.25, -0.2) is 21.6 Å². The van der Waals surface area contributed by atoms with Gasteiger partial charge < -0.3 is 4.74 Å². The minimum Gasteiger partial charge on any atom is -0.454 e. The molecule has 0 aromatic heterocycles. The second kappa shape index (κ2) is 8.80. The Hall–Kier alpha value is -2.72. The number of nitrogens with zero attached hydrogens (tertiary/aromatic N) is 1. The number of fused-ring (bicyclic) bond motifs is 1. The summed E-state index contributed by atoms with van der Waals surface area (Å²) in [6.07, 6.45) is 0.484. The first kappa shape index (κ1) is 23.0. The molecule has 1 aliphatic rings. The Bertz CT molecular complexity index is 1230. The number of hydrogen-bond donors (Lipinski definition) is 0. The van der Waals surface area contributed by atoms with Gasteiger partial charge in [0.05, 0.1) is 27.7 Å². The first-order valence-corrected chi connectivity index (χ1v) is 13.0. The average Bonchev–Trinajstić information content (AvgIpc) is 3.21. The number of Topliss-reactive ketones (excluding diaryl/α,β-unsaturated/α-hetero) is 1. The molecule has 166 valence electrons. The van der Waals surface area contributed by atoms with Gasteiger partial charge in [0.2, 0.25) is 10.0 Å². The van der Waals surface area contributed by atoms with Crippen LogP contribution in [0.25, 0.3) is 0 Å². The van der Waals surface area contributed by atoms with Gasteiger partial charge in [-0.1, -0.05) is 19.1 Å². The van der Waals surface area contributed by atoms with Crippen LogP contribution in [0.5, 0.6) is 0 Å². The molecule has 1 heterocycles. The molecule has 0 atom stereocenters. The molecule has 31 heavy (non-hydrogen) atoms. The SMILES string of the molecule is CCS(=O)(=O)c1ccccc1C(=O)OCC(=O)c1ccc2c(c1)CCN2S(=O)(=O)CC. The van der Waals surface area contributed by atoms with Crippen molar-refractivity contribution >= 4 is 37.3 Å². The lowest BCUT2D eigenvalue weighted by atomic mass is 10.1. The Labute approximate surface area is 181 Å². The lowest BCUT2D eigenvalue weighted by molar-refractivity contribution is 0.0471. The molecular formula is C21H23NO7S2. The van der Waals surface area contributed by atoms with E-state index in [9.17, 15) is 26.4 Å². The summed E-state index contributed by atoms with van der Waals surface area (Å²) in [5.41, 5.74) is 1.45. The zero-order valence-corrected chi connectivity index (χ0v) is 18.8. The van der Waals surface area contributed by atoms with Crippen molar-refractivity contribution in [2.24, 2.45) is 0 Å². The number of sulfone groups is 1. The second-order valence-electron chi connectivity index (χ2n) is 6.97. The average molecular weight is 466 g/mol. The molecule has 0 spiro atoms. The molecule has 0 radical (unpaired) electrons. The third kappa shape index (κ3) is 4.64. The van der Waals surface area contributed by atoms with Gasteiger partial charge in [-0.3, -0.25) is 9.10 Å². The quantitative estimate of drug-likeness (QED) is 0.434. The zero-order valence-electron chi connectivity index (χ0n) is 17.2. The van der Waals surface area contributed by atoms with Crippen LogP contribution in [0.15, 0.2) is 47.4 Å². The van der Waals surface area contributed by atoms with Gasteiger partial charge in [-0.15, -0.1) is 0 Å². The standard InChI is InChI=1S/C21H23NO7S2/c1-3-30(25,26)20-8-6-5-7-17(20)21(24)29-14-19(23)16-9-10-18-15(13-16)11-12-22(18)31(27,28)4-2/h5-10,13H,3-4,11-12,14H2,1-2H3. The molecule has 0 bridgehead atoms. The molecule has 10 heteroatoms. The van der Waals surface area contributed by atoms with E-state index in [0.717, 1.165) is 5.56 Å². The summed E-state index contributed by atoms with van der Waals surface area (Å²) in [7, 11) is -7.02. The third-order valence-corrected chi connectivity index (χ3v) is 8.68. The van der Waals surface area contributed by atoms with E-state index in [1.54, 1.807) is 19.1 Å². The Kier molecular flexibility index (Phi) is 6.51. The number of carbonyl (C=O) groups is 2. The smallest absolute Gasteiger partial charge is 0.339 e. The fraction of sp³-hybridized carbons (Fsp3) is 0.333. The van der Waals surface area contributed by atoms with Gasteiger partial charge in [-0.05, 0) is 49.2 Å². The van der Waals surface area contributed by atoms with Crippen LogP contribution in [0, 0.1) is 0 Å². The van der Waals surface area contributed by atoms with Crippen molar-refractivity contribution in [2.75, 3.05) is 29.0 Å². The van der Waals surface area contributed by atoms with E-state index in [1.165, 1.54) is 41.6 Å². The molecule has 1 aliphatic heterocycles. The number of hydrogen-bond acceptors (Lipinski definition) is 7. The number of sulfonamides is 1. The number of ketones is 1. The van der Waals surface area contributed by atoms with Crippen molar-refractivity contribution < 1.29 is 31.2 Å². The molecule has 0 N–H and O–H groups in total. The predicted octanol–water partition coefficient (Wildman–Crippen LogP) is 2.23. The van der Waals surface area contributed by atoms with Crippen molar-refractivity contribution in [3.05, 3.63) is 59.2 Å². The van der Waals surface area contributed by atoms with Gasteiger partial charge >= 0.3 is 5.97 Å². The van der Waals surface area contributed by atoms with Crippen molar-refractivity contribution in [1.82, 2.24) is 0 Å². The number of anilines is 1. The highest BCUT2D eigenvalue weighted by Crippen LogP contribution is 2.31. The first-order valence-electron chi connectivity index (χ1n) is 9.76. The van der Waals surface area contributed by atoms with E-state index in [-0.39, 0.29) is 27.5 Å². The molecule has 0 aliphatic carbocycles. The Morgan fingerprint density at radius 3 is 2.39 bits per heavy atom. The fourth-order valence-corrected chi connectivity index (χ4v) is 5.59. The summed E-state index contributed by atoms with van der Waals surface area (Å²) in [6.45, 7) is 2.81. The minimum atomic E-state index is -3.63. The molecule has 0 saturated carbocycles. The fourth-order valence-electron chi connectivity index (χ4n) is 3.34. The van der Waals surface area contributed by atoms with Crippen LogP contribution in [0.3, 0.4) is 0 Å². The van der Waals surface area contributed by atoms with E-state index < -0.39 is 38.2 Å². The maximum absolute atomic E-state index is 12.5. The third-order valence-electron chi connectivity index (χ3n) is 5.11. The molecule has 0 saturated heterocycles. The number of rotatable bonds is 8. The van der Waals surface area contributed by atoms with Crippen LogP contribution in [-0.4, -0.2) is 53.2 Å². The van der Waals surface area contributed by atoms with Gasteiger partial charge in [0, 0.05) is 12.1 Å². The van der Waals surface area contributed by atoms with Crippen LogP contribution in [0.2, 0.25) is 0 Å². The van der Waals surface area contributed by atoms with Gasteiger partial charge in [-0.2, -0.15) is 0 Å². The van der Waals surface area contributed by atoms with Crippen LogP contribution < -0.4 is 4.31 Å². The molecule has 0 unspecified atom stereocenters. The highest BCUT2D eigenvalue weighted by atomic mass is 32.2. The first-order chi connectivity index (χ1) is 14.6. The summed E-state index contributed by atoms with van der Waals surface area (Å²) >= 11 is 0. The van der Waals surface area contributed by atoms with E-state index in [1.807, 2.05) is 0 Å². The van der Waals surface area contributed by atoms with Crippen LogP contribution in [0.4, 0.5) is 5.69 Å². The van der Waals surface area contributed by atoms with Crippen molar-refractivity contribution in [1.29, 1.82) is 0 Å². The Balaban J connectivity index is 1.74. The van der Waals surface area contributed by atoms with Crippen molar-refractivity contribution in [2.45, 2.75) is 25.2 Å². The van der Waals surface area contributed by atoms with Crippen LogP contribution >= 0.6 is 0 Å². The van der Waals surface area contributed by atoms with Crippen molar-refractivity contribution in [3.8, 4) is 0 Å². The number of ether oxygens (including phenoxy) is 1. The Morgan fingerprint density at radius 1 is 1.00 bits per heavy atom. The molecular weight excluding hydrogens is 442 g/mol. The van der Waals surface area contributed by atoms with E-state index in [4.69, 9.17) is 4.74 Å². The summed E-state index contributed by atoms with van der Waals surface area (Å²) in [5, 5.41) is 0. The molecule has 2 aromatic rings. The topological polar surface area (TPSA) is 115 Å². The maximum Gasteiger partial charge on any atom is 0.339 e. The number of carbonyl (C=O) groups excluding carboxylic acids is 2. The molecule has 3 rings (SSSR count). The lowest BCUT2D eigenvalue weighted by Crippen LogP contribution is -2.30. The maximum atomic E-state index is 12.5.